The van der Waals surface area contributed by atoms with E-state index >= 15 is 0 Å². The molecule has 0 rings (SSSR count). The molecule has 0 heterocycles. The van der Waals surface area contributed by atoms with Crippen LogP contribution in [-0.4, -0.2) is 45.7 Å². The maximum atomic E-state index is 0. The van der Waals surface area contributed by atoms with E-state index in [4.69, 9.17) is 0 Å². The molecule has 0 radical (unpaired) electrons. The molecule has 0 aromatic heterocycles. The molecule has 0 saturated heterocycles. The normalized spacial score (nSPS) is 0. The summed E-state index contributed by atoms with van der Waals surface area (Å²) < 4.78 is 0. The second-order valence-electron chi connectivity index (χ2n) is 0. The first-order valence-electron chi connectivity index (χ1n) is 0. The average molecular weight is 172 g/mol. The van der Waals surface area contributed by atoms with Gasteiger partial charge in [0.2, 0.25) is 0 Å². The fourth-order valence-electron chi connectivity index (χ4n) is 0. The van der Waals surface area contributed by atoms with Gasteiger partial charge in [-0.15, -0.1) is 0 Å². The van der Waals surface area contributed by atoms with Gasteiger partial charge in [-0.1, -0.05) is 0 Å². The summed E-state index contributed by atoms with van der Waals surface area (Å²) in [5.41, 5.74) is 0. The molecule has 0 atom stereocenters. The van der Waals surface area contributed by atoms with E-state index in [1.807, 2.05) is 0 Å². The SMILES string of the molecule is [18O-2].[18O-2].[18O-2].[18O-2].[18O-2].[Al+3].[Al+3].[Si+4]. The predicted molar refractivity (Wildman–Crippen MR) is 20.7 cm³/mol. The van der Waals surface area contributed by atoms with Gasteiger partial charge < -0.3 is 27.4 Å². The summed E-state index contributed by atoms with van der Waals surface area (Å²) >= 11 is 0. The summed E-state index contributed by atoms with van der Waals surface area (Å²) in [6.45, 7) is 0. The molecule has 0 fully saturated rings. The summed E-state index contributed by atoms with van der Waals surface area (Å²) in [5, 5.41) is 0. The fourth-order valence-corrected chi connectivity index (χ4v) is 0. The van der Waals surface area contributed by atoms with Gasteiger partial charge in [0.15, 0.2) is 0 Å². The van der Waals surface area contributed by atoms with E-state index in [0.29, 0.717) is 0 Å². The maximum Gasteiger partial charge on any atom is 4.00 e. The molecule has 0 aliphatic heterocycles. The molecule has 8 heavy (non-hydrogen) atoms. The van der Waals surface area contributed by atoms with E-state index in [2.05, 4.69) is 0 Å². The van der Waals surface area contributed by atoms with Crippen LogP contribution < -0.4 is 0 Å². The molecular weight excluding hydrogens is 172 g/mol. The Morgan fingerprint density at radius 2 is 0.375 bits per heavy atom. The zero-order chi connectivity index (χ0) is 0. The molecule has 0 bridgehead atoms. The van der Waals surface area contributed by atoms with Gasteiger partial charge in [0, 0.05) is 0 Å². The first-order valence-corrected chi connectivity index (χ1v) is 0. The van der Waals surface area contributed by atoms with Crippen molar-refractivity contribution in [3.63, 3.8) is 0 Å². The van der Waals surface area contributed by atoms with Gasteiger partial charge in [-0.25, -0.2) is 0 Å². The third kappa shape index (κ3) is 224. The van der Waals surface area contributed by atoms with E-state index in [0.717, 1.165) is 0 Å². The van der Waals surface area contributed by atoms with E-state index in [-0.39, 0.29) is 73.1 Å². The summed E-state index contributed by atoms with van der Waals surface area (Å²) in [5.74, 6) is 0. The van der Waals surface area contributed by atoms with E-state index < -0.39 is 0 Å². The van der Waals surface area contributed by atoms with E-state index in [9.17, 15) is 0 Å². The van der Waals surface area contributed by atoms with Gasteiger partial charge in [-0.3, -0.25) is 0 Å². The minimum Gasteiger partial charge on any atom is -2.00 e. The molecular formula is Al2O5Si. The Labute approximate surface area is 73.3 Å². The van der Waals surface area contributed by atoms with Crippen molar-refractivity contribution in [1.29, 1.82) is 0 Å². The summed E-state index contributed by atoms with van der Waals surface area (Å²) in [7, 11) is 0. The van der Waals surface area contributed by atoms with Crippen LogP contribution in [0.5, 0.6) is 0 Å². The van der Waals surface area contributed by atoms with E-state index in [1.54, 1.807) is 0 Å². The molecule has 0 saturated carbocycles. The van der Waals surface area contributed by atoms with Gasteiger partial charge >= 0.3 is 45.7 Å². The molecule has 0 unspecified atom stereocenters. The molecule has 5 nitrogen and oxygen atoms in total. The van der Waals surface area contributed by atoms with Crippen LogP contribution in [0, 0.1) is 0 Å². The van der Waals surface area contributed by atoms with Gasteiger partial charge in [-0.2, -0.15) is 0 Å². The van der Waals surface area contributed by atoms with Gasteiger partial charge in [0.05, 0.1) is 0 Å². The third-order valence-corrected chi connectivity index (χ3v) is 0. The average Bonchev–Trinajstić information content (AvgIpc) is 0. The van der Waals surface area contributed by atoms with Crippen molar-refractivity contribution in [2.75, 3.05) is 0 Å². The molecule has 40 valence electrons. The smallest absolute Gasteiger partial charge is 2.00 e. The second-order valence-corrected chi connectivity index (χ2v) is 0. The topological polar surface area (TPSA) is 142 Å². The largest absolute Gasteiger partial charge is 4.00 e. The number of hydrogen-bond acceptors (Lipinski definition) is 0. The number of rotatable bonds is 0. The second kappa shape index (κ2) is 346. The van der Waals surface area contributed by atoms with Crippen molar-refractivity contribution in [3.05, 3.63) is 0 Å². The van der Waals surface area contributed by atoms with Crippen molar-refractivity contribution in [1.82, 2.24) is 0 Å². The fraction of sp³-hybridized carbons (Fsp3) is 0. The minimum absolute atomic E-state index is 0. The Morgan fingerprint density at radius 3 is 0.375 bits per heavy atom. The van der Waals surface area contributed by atoms with Crippen molar-refractivity contribution in [2.45, 2.75) is 0 Å². The molecule has 8 heteroatoms. The van der Waals surface area contributed by atoms with Crippen molar-refractivity contribution >= 4 is 45.7 Å². The van der Waals surface area contributed by atoms with Crippen LogP contribution in [0.4, 0.5) is 0 Å². The van der Waals surface area contributed by atoms with Crippen molar-refractivity contribution < 1.29 is 27.4 Å². The molecule has 0 aliphatic rings. The zero-order valence-corrected chi connectivity index (χ0v) is 7.01. The van der Waals surface area contributed by atoms with E-state index in [1.165, 1.54) is 0 Å². The monoisotopic (exact) mass is 172 g/mol. The first kappa shape index (κ1) is 507. The Hall–Kier alpha value is 1.08. The zero-order valence-electron chi connectivity index (χ0n) is 3.70. The van der Waals surface area contributed by atoms with Gasteiger partial charge in [0.25, 0.3) is 0 Å². The Morgan fingerprint density at radius 1 is 0.375 bits per heavy atom. The van der Waals surface area contributed by atoms with Crippen LogP contribution in [0.3, 0.4) is 0 Å². The predicted octanol–water partition coefficient (Wildman–Crippen LogP) is -1.74. The molecule has 0 spiro atoms. The third-order valence-electron chi connectivity index (χ3n) is 0. The van der Waals surface area contributed by atoms with Crippen molar-refractivity contribution in [3.8, 4) is 0 Å². The summed E-state index contributed by atoms with van der Waals surface area (Å²) in [4.78, 5) is 0. The Balaban J connectivity index is 0. The molecule has 0 amide bonds. The van der Waals surface area contributed by atoms with Crippen LogP contribution in [0.1, 0.15) is 0 Å². The Bertz CT molecular complexity index is 10.4. The molecule has 0 N–H and O–H groups in total. The molecule has 0 aromatic carbocycles. The van der Waals surface area contributed by atoms with Crippen LogP contribution in [-0.2, 0) is 27.4 Å². The van der Waals surface area contributed by atoms with Gasteiger partial charge in [0.1, 0.15) is 0 Å². The molecule has 0 aliphatic carbocycles. The van der Waals surface area contributed by atoms with Crippen molar-refractivity contribution in [2.24, 2.45) is 0 Å². The standard InChI is InChI=1S/2Al.5O.Si/q2*+3;5*-2;+4/i;;5*1+2;. The Kier molecular flexibility index (Phi) is 21900. The first-order chi connectivity index (χ1) is 0. The van der Waals surface area contributed by atoms with Crippen LogP contribution in [0.15, 0.2) is 0 Å². The quantitative estimate of drug-likeness (QED) is 0.302. The van der Waals surface area contributed by atoms with Gasteiger partial charge in [-0.05, 0) is 0 Å². The van der Waals surface area contributed by atoms with Crippen LogP contribution in [0.25, 0.3) is 0 Å². The number of hydrogen-bond donors (Lipinski definition) is 0. The maximum absolute atomic E-state index is 0. The van der Waals surface area contributed by atoms with Crippen LogP contribution in [0.2, 0.25) is 0 Å². The molecule has 0 aromatic rings. The summed E-state index contributed by atoms with van der Waals surface area (Å²) in [6, 6.07) is 0. The minimum atomic E-state index is 0. The van der Waals surface area contributed by atoms with Crippen LogP contribution >= 0.6 is 0 Å². The summed E-state index contributed by atoms with van der Waals surface area (Å²) in [6.07, 6.45) is 0.